The van der Waals surface area contributed by atoms with Crippen molar-refractivity contribution in [3.8, 4) is 0 Å². The Hall–Kier alpha value is -3.79. The molecule has 10 heteroatoms. The van der Waals surface area contributed by atoms with Crippen molar-refractivity contribution in [1.82, 2.24) is 14.9 Å². The first-order valence-electron chi connectivity index (χ1n) is 11.4. The fourth-order valence-electron chi connectivity index (χ4n) is 3.92. The molecular weight excluding hydrogens is 503 g/mol. The van der Waals surface area contributed by atoms with Crippen LogP contribution in [-0.2, 0) is 28.2 Å². The molecule has 0 aliphatic carbocycles. The van der Waals surface area contributed by atoms with Crippen LogP contribution in [0.5, 0.6) is 0 Å². The van der Waals surface area contributed by atoms with Crippen molar-refractivity contribution >= 4 is 34.4 Å². The van der Waals surface area contributed by atoms with Crippen LogP contribution in [0.2, 0.25) is 0 Å². The lowest BCUT2D eigenvalue weighted by Crippen LogP contribution is -2.37. The van der Waals surface area contributed by atoms with E-state index in [1.807, 2.05) is 64.5 Å². The number of imidazole rings is 1. The first-order chi connectivity index (χ1) is 17.8. The molecule has 0 aliphatic heterocycles. The van der Waals surface area contributed by atoms with E-state index in [1.54, 1.807) is 18.3 Å². The lowest BCUT2D eigenvalue weighted by atomic mass is 10.0. The highest BCUT2D eigenvalue weighted by molar-refractivity contribution is 7.98. The molecule has 6 nitrogen and oxygen atoms in total. The number of hydrogen-bond acceptors (Lipinski definition) is 5. The van der Waals surface area contributed by atoms with E-state index >= 15 is 0 Å². The molecule has 0 saturated heterocycles. The van der Waals surface area contributed by atoms with Crippen molar-refractivity contribution in [1.29, 1.82) is 0 Å². The summed E-state index contributed by atoms with van der Waals surface area (Å²) in [6, 6.07) is 21.1. The summed E-state index contributed by atoms with van der Waals surface area (Å²) in [6.07, 6.45) is -3.01. The van der Waals surface area contributed by atoms with Crippen LogP contribution in [0.15, 0.2) is 78.1 Å². The molecule has 4 rings (SSSR count). The fraction of sp³-hybridized carbons (Fsp3) is 0.222. The summed E-state index contributed by atoms with van der Waals surface area (Å²) in [5, 5.41) is 4.71. The van der Waals surface area contributed by atoms with Gasteiger partial charge in [-0.05, 0) is 28.0 Å². The third-order valence-electron chi connectivity index (χ3n) is 5.71. The number of nitrogens with one attached hydrogen (secondary N) is 1. The summed E-state index contributed by atoms with van der Waals surface area (Å²) in [5.74, 6) is -1.98. The van der Waals surface area contributed by atoms with Crippen LogP contribution in [-0.4, -0.2) is 41.3 Å². The monoisotopic (exact) mass is 527 g/mol. The van der Waals surface area contributed by atoms with Gasteiger partial charge in [0.25, 0.3) is 0 Å². The maximum atomic E-state index is 12.5. The van der Waals surface area contributed by atoms with Gasteiger partial charge < -0.3 is 14.6 Å². The van der Waals surface area contributed by atoms with Gasteiger partial charge in [0.05, 0.1) is 24.9 Å². The molecule has 0 aliphatic rings. The molecule has 3 aromatic carbocycles. The number of alkyl halides is 3. The van der Waals surface area contributed by atoms with Crippen LogP contribution in [0.4, 0.5) is 13.2 Å². The molecule has 0 unspecified atom stereocenters. The standard InChI is InChI=1S/C27H24F3N3O3S/c1-36-24(34)23-12-5-3-8-20(23)17-37-26-32-21(13-14-31-25(35)27(28,29)30)16-33(26)15-19-10-6-9-18-7-2-4-11-22(18)19/h2-12,16H,13-15,17H2,1H3,(H,31,35). The van der Waals surface area contributed by atoms with Crippen molar-refractivity contribution in [2.45, 2.75) is 30.1 Å². The molecule has 1 N–H and O–H groups in total. The van der Waals surface area contributed by atoms with Gasteiger partial charge in [0, 0.05) is 24.9 Å². The number of fused-ring (bicyclic) bond motifs is 1. The van der Waals surface area contributed by atoms with Gasteiger partial charge in [-0.15, -0.1) is 0 Å². The fourth-order valence-corrected chi connectivity index (χ4v) is 4.92. The lowest BCUT2D eigenvalue weighted by Gasteiger charge is -2.11. The minimum Gasteiger partial charge on any atom is -0.465 e. The van der Waals surface area contributed by atoms with E-state index in [4.69, 9.17) is 4.74 Å². The molecule has 1 amide bonds. The van der Waals surface area contributed by atoms with E-state index in [0.717, 1.165) is 21.9 Å². The van der Waals surface area contributed by atoms with E-state index in [0.29, 0.717) is 28.7 Å². The minimum atomic E-state index is -4.93. The second-order valence-electron chi connectivity index (χ2n) is 8.22. The second-order valence-corrected chi connectivity index (χ2v) is 9.16. The molecule has 0 radical (unpaired) electrons. The third-order valence-corrected chi connectivity index (χ3v) is 6.75. The minimum absolute atomic E-state index is 0.136. The molecule has 0 spiro atoms. The number of ether oxygens (including phenoxy) is 1. The van der Waals surface area contributed by atoms with E-state index < -0.39 is 18.1 Å². The Morgan fingerprint density at radius 3 is 2.49 bits per heavy atom. The Balaban J connectivity index is 1.58. The quantitative estimate of drug-likeness (QED) is 0.234. The molecule has 0 fully saturated rings. The smallest absolute Gasteiger partial charge is 0.465 e. The molecule has 0 saturated carbocycles. The number of hydrogen-bond donors (Lipinski definition) is 1. The SMILES string of the molecule is COC(=O)c1ccccc1CSc1nc(CCNC(=O)C(F)(F)F)cn1Cc1cccc2ccccc12. The number of nitrogens with zero attached hydrogens (tertiary/aromatic N) is 2. The summed E-state index contributed by atoms with van der Waals surface area (Å²) in [7, 11) is 1.33. The van der Waals surface area contributed by atoms with Crippen LogP contribution in [0, 0.1) is 0 Å². The average Bonchev–Trinajstić information content (AvgIpc) is 3.28. The predicted octanol–water partition coefficient (Wildman–Crippen LogP) is 5.38. The molecule has 1 heterocycles. The van der Waals surface area contributed by atoms with E-state index in [9.17, 15) is 22.8 Å². The van der Waals surface area contributed by atoms with Crippen LogP contribution in [0.25, 0.3) is 10.8 Å². The Labute approximate surface area is 215 Å². The zero-order chi connectivity index (χ0) is 26.4. The molecule has 192 valence electrons. The molecule has 1 aromatic heterocycles. The third kappa shape index (κ3) is 6.51. The number of methoxy groups -OCH3 is 1. The molecule has 0 bridgehead atoms. The van der Waals surface area contributed by atoms with Crippen LogP contribution in [0.3, 0.4) is 0 Å². The van der Waals surface area contributed by atoms with E-state index in [2.05, 4.69) is 4.98 Å². The first-order valence-corrected chi connectivity index (χ1v) is 12.4. The van der Waals surface area contributed by atoms with Crippen molar-refractivity contribution in [3.63, 3.8) is 0 Å². The van der Waals surface area contributed by atoms with Crippen LogP contribution in [0.1, 0.15) is 27.2 Å². The van der Waals surface area contributed by atoms with Crippen molar-refractivity contribution in [2.24, 2.45) is 0 Å². The topological polar surface area (TPSA) is 73.2 Å². The second kappa shape index (κ2) is 11.5. The molecular formula is C27H24F3N3O3S. The number of carbonyl (C=O) groups excluding carboxylic acids is 2. The van der Waals surface area contributed by atoms with Gasteiger partial charge in [-0.1, -0.05) is 72.4 Å². The van der Waals surface area contributed by atoms with Crippen LogP contribution < -0.4 is 5.32 Å². The normalized spacial score (nSPS) is 11.5. The highest BCUT2D eigenvalue weighted by Gasteiger charge is 2.38. The number of rotatable bonds is 9. The first kappa shape index (κ1) is 26.3. The van der Waals surface area contributed by atoms with Crippen LogP contribution >= 0.6 is 11.8 Å². The van der Waals surface area contributed by atoms with E-state index in [-0.39, 0.29) is 13.0 Å². The zero-order valence-electron chi connectivity index (χ0n) is 19.9. The zero-order valence-corrected chi connectivity index (χ0v) is 20.7. The highest BCUT2D eigenvalue weighted by Crippen LogP contribution is 2.27. The van der Waals surface area contributed by atoms with E-state index in [1.165, 1.54) is 18.9 Å². The summed E-state index contributed by atoms with van der Waals surface area (Å²) in [5.41, 5.74) is 2.84. The van der Waals surface area contributed by atoms with Gasteiger partial charge in [-0.25, -0.2) is 9.78 Å². The Morgan fingerprint density at radius 1 is 1.00 bits per heavy atom. The predicted molar refractivity (Wildman–Crippen MR) is 135 cm³/mol. The van der Waals surface area contributed by atoms with Gasteiger partial charge in [0.1, 0.15) is 0 Å². The van der Waals surface area contributed by atoms with Gasteiger partial charge >= 0.3 is 18.1 Å². The number of carbonyl (C=O) groups is 2. The molecule has 4 aromatic rings. The summed E-state index contributed by atoms with van der Waals surface area (Å²) in [4.78, 5) is 28.0. The maximum absolute atomic E-state index is 12.5. The number of benzene rings is 3. The Bertz CT molecular complexity index is 1410. The van der Waals surface area contributed by atoms with Crippen molar-refractivity contribution in [3.05, 3.63) is 95.3 Å². The Morgan fingerprint density at radius 2 is 1.70 bits per heavy atom. The molecule has 37 heavy (non-hydrogen) atoms. The Kier molecular flexibility index (Phi) is 8.17. The summed E-state index contributed by atoms with van der Waals surface area (Å²) < 4.78 is 44.4. The average molecular weight is 528 g/mol. The number of aromatic nitrogens is 2. The molecule has 0 atom stereocenters. The number of esters is 1. The van der Waals surface area contributed by atoms with Gasteiger partial charge in [-0.2, -0.15) is 13.2 Å². The van der Waals surface area contributed by atoms with Gasteiger partial charge in [-0.3, -0.25) is 4.79 Å². The summed E-state index contributed by atoms with van der Waals surface area (Å²) in [6.45, 7) is 0.295. The number of thioether (sulfide) groups is 1. The summed E-state index contributed by atoms with van der Waals surface area (Å²) >= 11 is 1.41. The highest BCUT2D eigenvalue weighted by atomic mass is 32.2. The van der Waals surface area contributed by atoms with Crippen molar-refractivity contribution < 1.29 is 27.5 Å². The maximum Gasteiger partial charge on any atom is 0.471 e. The lowest BCUT2D eigenvalue weighted by molar-refractivity contribution is -0.173. The van der Waals surface area contributed by atoms with Gasteiger partial charge in [0.15, 0.2) is 5.16 Å². The van der Waals surface area contributed by atoms with Crippen molar-refractivity contribution in [2.75, 3.05) is 13.7 Å². The largest absolute Gasteiger partial charge is 0.471 e. The number of halogens is 3. The van der Waals surface area contributed by atoms with Gasteiger partial charge in [0.2, 0.25) is 0 Å². The number of amides is 1.